The molecule has 0 spiro atoms. The fourth-order valence-corrected chi connectivity index (χ4v) is 2.71. The van der Waals surface area contributed by atoms with E-state index in [0.717, 1.165) is 15.7 Å². The van der Waals surface area contributed by atoms with Gasteiger partial charge in [0.15, 0.2) is 5.65 Å². The predicted molar refractivity (Wildman–Crippen MR) is 82.5 cm³/mol. The van der Waals surface area contributed by atoms with Gasteiger partial charge in [-0.2, -0.15) is 0 Å². The van der Waals surface area contributed by atoms with Gasteiger partial charge >= 0.3 is 0 Å². The van der Waals surface area contributed by atoms with Crippen molar-refractivity contribution < 1.29 is 0 Å². The molecule has 20 heavy (non-hydrogen) atoms. The van der Waals surface area contributed by atoms with Crippen molar-refractivity contribution in [1.82, 2.24) is 14.6 Å². The van der Waals surface area contributed by atoms with Crippen molar-refractivity contribution in [2.75, 3.05) is 0 Å². The second-order valence-electron chi connectivity index (χ2n) is 4.56. The molecule has 0 aliphatic rings. The Hall–Kier alpha value is -1.59. The molecule has 1 aromatic carbocycles. The van der Waals surface area contributed by atoms with E-state index in [4.69, 9.17) is 11.6 Å². The van der Waals surface area contributed by atoms with Crippen molar-refractivity contribution in [3.63, 3.8) is 0 Å². The van der Waals surface area contributed by atoms with E-state index in [-0.39, 0.29) is 5.56 Å². The molecule has 3 aromatic rings. The molecule has 0 saturated heterocycles. The van der Waals surface area contributed by atoms with Crippen molar-refractivity contribution in [3.8, 4) is 0 Å². The quantitative estimate of drug-likeness (QED) is 0.769. The van der Waals surface area contributed by atoms with Crippen LogP contribution < -0.4 is 5.56 Å². The molecule has 0 atom stereocenters. The standard InChI is InChI=1S/C14H11BrClN3O/c1-8-10(6-9-2-3-12(16)11(15)7-9)14(20)19-13(18-8)4-5-17-19/h2-5,7,17H,6H2,1H3. The maximum atomic E-state index is 12.4. The topological polar surface area (TPSA) is 50.2 Å². The minimum atomic E-state index is -0.0661. The Kier molecular flexibility index (Phi) is 3.40. The van der Waals surface area contributed by atoms with Gasteiger partial charge in [-0.1, -0.05) is 17.7 Å². The maximum Gasteiger partial charge on any atom is 0.276 e. The van der Waals surface area contributed by atoms with Crippen LogP contribution in [0.2, 0.25) is 5.02 Å². The number of hydrogen-bond acceptors (Lipinski definition) is 2. The molecule has 0 saturated carbocycles. The third-order valence-corrected chi connectivity index (χ3v) is 4.42. The van der Waals surface area contributed by atoms with Crippen LogP contribution in [0.3, 0.4) is 0 Å². The number of aryl methyl sites for hydroxylation is 1. The van der Waals surface area contributed by atoms with Crippen LogP contribution in [0.25, 0.3) is 5.65 Å². The van der Waals surface area contributed by atoms with Crippen molar-refractivity contribution in [2.24, 2.45) is 0 Å². The zero-order valence-corrected chi connectivity index (χ0v) is 13.0. The summed E-state index contributed by atoms with van der Waals surface area (Å²) in [5.74, 6) is 0. The molecule has 0 radical (unpaired) electrons. The second kappa shape index (κ2) is 5.07. The smallest absolute Gasteiger partial charge is 0.276 e. The highest BCUT2D eigenvalue weighted by Crippen LogP contribution is 2.24. The minimum absolute atomic E-state index is 0.0661. The van der Waals surface area contributed by atoms with Crippen LogP contribution in [0.1, 0.15) is 16.8 Å². The molecular formula is C14H11BrClN3O. The number of nitrogens with one attached hydrogen (secondary N) is 1. The van der Waals surface area contributed by atoms with E-state index in [9.17, 15) is 4.79 Å². The molecule has 0 bridgehead atoms. The SMILES string of the molecule is Cc1nc2cc[nH]n2c(=O)c1Cc1ccc(Cl)c(Br)c1. The van der Waals surface area contributed by atoms with Gasteiger partial charge in [0.05, 0.1) is 5.02 Å². The number of aromatic nitrogens is 3. The first-order chi connectivity index (χ1) is 9.56. The maximum absolute atomic E-state index is 12.4. The van der Waals surface area contributed by atoms with Crippen LogP contribution in [0, 0.1) is 6.92 Å². The fourth-order valence-electron chi connectivity index (χ4n) is 2.16. The Morgan fingerprint density at radius 3 is 2.95 bits per heavy atom. The lowest BCUT2D eigenvalue weighted by Crippen LogP contribution is -2.22. The summed E-state index contributed by atoms with van der Waals surface area (Å²) in [5, 5.41) is 3.53. The number of H-pyrrole nitrogens is 1. The normalized spacial score (nSPS) is 11.2. The van der Waals surface area contributed by atoms with Gasteiger partial charge in [-0.15, -0.1) is 0 Å². The molecule has 1 N–H and O–H groups in total. The van der Waals surface area contributed by atoms with E-state index in [2.05, 4.69) is 26.0 Å². The molecule has 0 amide bonds. The van der Waals surface area contributed by atoms with Crippen LogP contribution in [-0.4, -0.2) is 14.6 Å². The lowest BCUT2D eigenvalue weighted by Gasteiger charge is -2.07. The van der Waals surface area contributed by atoms with E-state index in [1.165, 1.54) is 4.52 Å². The molecular weight excluding hydrogens is 342 g/mol. The summed E-state index contributed by atoms with van der Waals surface area (Å²) in [6.45, 7) is 1.86. The molecule has 4 nitrogen and oxygen atoms in total. The molecule has 0 aliphatic heterocycles. The van der Waals surface area contributed by atoms with Crippen LogP contribution in [0.15, 0.2) is 39.7 Å². The molecule has 0 fully saturated rings. The monoisotopic (exact) mass is 351 g/mol. The third kappa shape index (κ3) is 2.27. The first kappa shape index (κ1) is 13.4. The van der Waals surface area contributed by atoms with Crippen LogP contribution >= 0.6 is 27.5 Å². The van der Waals surface area contributed by atoms with E-state index < -0.39 is 0 Å². The average molecular weight is 353 g/mol. The fraction of sp³-hybridized carbons (Fsp3) is 0.143. The molecule has 102 valence electrons. The summed E-state index contributed by atoms with van der Waals surface area (Å²) < 4.78 is 2.27. The Morgan fingerprint density at radius 2 is 2.20 bits per heavy atom. The summed E-state index contributed by atoms with van der Waals surface area (Å²) >= 11 is 9.37. The van der Waals surface area contributed by atoms with Gasteiger partial charge in [0.25, 0.3) is 5.56 Å². The highest BCUT2D eigenvalue weighted by atomic mass is 79.9. The van der Waals surface area contributed by atoms with E-state index in [1.54, 1.807) is 12.3 Å². The van der Waals surface area contributed by atoms with Crippen molar-refractivity contribution in [1.29, 1.82) is 0 Å². The van der Waals surface area contributed by atoms with E-state index >= 15 is 0 Å². The average Bonchev–Trinajstić information content (AvgIpc) is 2.87. The number of aromatic amines is 1. The molecule has 0 aliphatic carbocycles. The van der Waals surface area contributed by atoms with E-state index in [1.807, 2.05) is 25.1 Å². The predicted octanol–water partition coefficient (Wildman–Crippen LogP) is 3.34. The summed E-state index contributed by atoms with van der Waals surface area (Å²) in [5.41, 5.74) is 3.01. The lowest BCUT2D eigenvalue weighted by atomic mass is 10.1. The molecule has 6 heteroatoms. The summed E-state index contributed by atoms with van der Waals surface area (Å²) in [6.07, 6.45) is 2.22. The second-order valence-corrected chi connectivity index (χ2v) is 5.82. The zero-order valence-electron chi connectivity index (χ0n) is 10.7. The van der Waals surface area contributed by atoms with Gasteiger partial charge in [-0.3, -0.25) is 9.89 Å². The third-order valence-electron chi connectivity index (χ3n) is 3.21. The molecule has 2 heterocycles. The lowest BCUT2D eigenvalue weighted by molar-refractivity contribution is 0.859. The Bertz CT molecular complexity index is 853. The summed E-state index contributed by atoms with van der Waals surface area (Å²) in [6, 6.07) is 7.42. The number of fused-ring (bicyclic) bond motifs is 1. The van der Waals surface area contributed by atoms with Crippen LogP contribution in [-0.2, 0) is 6.42 Å². The number of hydrogen-bond donors (Lipinski definition) is 1. The van der Waals surface area contributed by atoms with Crippen LogP contribution in [0.5, 0.6) is 0 Å². The number of nitrogens with zero attached hydrogens (tertiary/aromatic N) is 2. The van der Waals surface area contributed by atoms with Gasteiger partial charge in [0.2, 0.25) is 0 Å². The zero-order chi connectivity index (χ0) is 14.3. The van der Waals surface area contributed by atoms with Gasteiger partial charge in [0, 0.05) is 34.4 Å². The van der Waals surface area contributed by atoms with Crippen molar-refractivity contribution >= 4 is 33.2 Å². The molecule has 2 aromatic heterocycles. The Balaban J connectivity index is 2.10. The van der Waals surface area contributed by atoms with Gasteiger partial charge < -0.3 is 0 Å². The van der Waals surface area contributed by atoms with Crippen molar-refractivity contribution in [2.45, 2.75) is 13.3 Å². The Morgan fingerprint density at radius 1 is 1.40 bits per heavy atom. The summed E-state index contributed by atoms with van der Waals surface area (Å²) in [4.78, 5) is 16.8. The summed E-state index contributed by atoms with van der Waals surface area (Å²) in [7, 11) is 0. The Labute approximate surface area is 128 Å². The minimum Gasteiger partial charge on any atom is -0.297 e. The number of rotatable bonds is 2. The van der Waals surface area contributed by atoms with Gasteiger partial charge in [0.1, 0.15) is 0 Å². The number of benzene rings is 1. The first-order valence-electron chi connectivity index (χ1n) is 6.06. The first-order valence-corrected chi connectivity index (χ1v) is 7.23. The highest BCUT2D eigenvalue weighted by Gasteiger charge is 2.11. The van der Waals surface area contributed by atoms with Crippen molar-refractivity contribution in [3.05, 3.63) is 67.1 Å². The largest absolute Gasteiger partial charge is 0.297 e. The molecule has 0 unspecified atom stereocenters. The molecule has 3 rings (SSSR count). The number of halogens is 2. The highest BCUT2D eigenvalue weighted by molar-refractivity contribution is 9.10. The van der Waals surface area contributed by atoms with Gasteiger partial charge in [-0.05, 0) is 40.5 Å². The van der Waals surface area contributed by atoms with E-state index in [0.29, 0.717) is 22.7 Å². The van der Waals surface area contributed by atoms with Crippen LogP contribution in [0.4, 0.5) is 0 Å². The van der Waals surface area contributed by atoms with Gasteiger partial charge in [-0.25, -0.2) is 9.50 Å².